The van der Waals surface area contributed by atoms with E-state index in [-0.39, 0.29) is 30.4 Å². The summed E-state index contributed by atoms with van der Waals surface area (Å²) in [5.41, 5.74) is 1.07. The molecule has 1 aliphatic heterocycles. The van der Waals surface area contributed by atoms with Crippen molar-refractivity contribution < 1.29 is 9.53 Å². The van der Waals surface area contributed by atoms with Gasteiger partial charge in [0, 0.05) is 0 Å². The molecule has 2 atom stereocenters. The molecule has 118 valence electrons. The Labute approximate surface area is 133 Å². The molecule has 0 spiro atoms. The van der Waals surface area contributed by atoms with Crippen LogP contribution < -0.4 is 15.4 Å². The molecular formula is C16H25ClN2O2. The van der Waals surface area contributed by atoms with Gasteiger partial charge in [-0.2, -0.15) is 0 Å². The van der Waals surface area contributed by atoms with Gasteiger partial charge in [0.1, 0.15) is 5.75 Å². The molecule has 21 heavy (non-hydrogen) atoms. The van der Waals surface area contributed by atoms with E-state index in [0.717, 1.165) is 37.1 Å². The van der Waals surface area contributed by atoms with Crippen LogP contribution in [0.4, 0.5) is 0 Å². The second kappa shape index (κ2) is 8.90. The molecular weight excluding hydrogens is 288 g/mol. The Morgan fingerprint density at radius 3 is 2.95 bits per heavy atom. The Kier molecular flexibility index (Phi) is 7.54. The fourth-order valence-electron chi connectivity index (χ4n) is 2.51. The van der Waals surface area contributed by atoms with Crippen molar-refractivity contribution in [3.8, 4) is 5.75 Å². The van der Waals surface area contributed by atoms with Crippen molar-refractivity contribution in [2.45, 2.75) is 45.2 Å². The number of hydrogen-bond donors (Lipinski definition) is 2. The molecule has 0 saturated carbocycles. The van der Waals surface area contributed by atoms with Crippen LogP contribution in [0.15, 0.2) is 24.3 Å². The minimum absolute atomic E-state index is 0. The Bertz CT molecular complexity index is 448. The van der Waals surface area contributed by atoms with Crippen molar-refractivity contribution in [2.24, 2.45) is 0 Å². The lowest BCUT2D eigenvalue weighted by atomic mass is 10.0. The second-order valence-electron chi connectivity index (χ2n) is 5.24. The predicted octanol–water partition coefficient (Wildman–Crippen LogP) is 2.83. The highest BCUT2D eigenvalue weighted by atomic mass is 35.5. The van der Waals surface area contributed by atoms with Crippen LogP contribution in [0.25, 0.3) is 0 Å². The van der Waals surface area contributed by atoms with E-state index >= 15 is 0 Å². The topological polar surface area (TPSA) is 50.4 Å². The molecule has 1 aromatic carbocycles. The summed E-state index contributed by atoms with van der Waals surface area (Å²) in [6, 6.07) is 7.85. The number of halogens is 1. The molecule has 0 aliphatic carbocycles. The first-order chi connectivity index (χ1) is 9.70. The molecule has 1 aliphatic rings. The van der Waals surface area contributed by atoms with Crippen molar-refractivity contribution in [2.75, 3.05) is 13.2 Å². The number of piperidine rings is 1. The quantitative estimate of drug-likeness (QED) is 0.879. The zero-order valence-electron chi connectivity index (χ0n) is 12.7. The molecule has 1 amide bonds. The Morgan fingerprint density at radius 1 is 1.48 bits per heavy atom. The molecule has 1 aromatic rings. The van der Waals surface area contributed by atoms with Crippen molar-refractivity contribution >= 4 is 18.3 Å². The molecule has 2 rings (SSSR count). The van der Waals surface area contributed by atoms with Gasteiger partial charge in [-0.15, -0.1) is 12.4 Å². The summed E-state index contributed by atoms with van der Waals surface area (Å²) in [5.74, 6) is 0.945. The van der Waals surface area contributed by atoms with Crippen LogP contribution in [-0.4, -0.2) is 25.1 Å². The highest BCUT2D eigenvalue weighted by Crippen LogP contribution is 2.19. The van der Waals surface area contributed by atoms with Crippen molar-refractivity contribution in [1.82, 2.24) is 10.6 Å². The van der Waals surface area contributed by atoms with E-state index in [1.165, 1.54) is 0 Å². The summed E-state index contributed by atoms with van der Waals surface area (Å²) < 4.78 is 5.49. The van der Waals surface area contributed by atoms with Gasteiger partial charge in [-0.1, -0.05) is 18.6 Å². The summed E-state index contributed by atoms with van der Waals surface area (Å²) in [6.45, 7) is 5.56. The number of carbonyl (C=O) groups excluding carboxylic acids is 1. The molecule has 0 radical (unpaired) electrons. The fraction of sp³-hybridized carbons (Fsp3) is 0.562. The Hall–Kier alpha value is -1.26. The summed E-state index contributed by atoms with van der Waals surface area (Å²) in [5, 5.41) is 6.35. The lowest BCUT2D eigenvalue weighted by Crippen LogP contribution is -2.47. The highest BCUT2D eigenvalue weighted by molar-refractivity contribution is 5.85. The Balaban J connectivity index is 0.00000220. The van der Waals surface area contributed by atoms with E-state index in [0.29, 0.717) is 6.61 Å². The van der Waals surface area contributed by atoms with Gasteiger partial charge in [0.15, 0.2) is 0 Å². The molecule has 2 unspecified atom stereocenters. The van der Waals surface area contributed by atoms with Crippen molar-refractivity contribution in [1.29, 1.82) is 0 Å². The van der Waals surface area contributed by atoms with Gasteiger partial charge < -0.3 is 15.4 Å². The summed E-state index contributed by atoms with van der Waals surface area (Å²) in [4.78, 5) is 12.2. The van der Waals surface area contributed by atoms with E-state index in [4.69, 9.17) is 4.74 Å². The van der Waals surface area contributed by atoms with Gasteiger partial charge in [-0.3, -0.25) is 4.79 Å². The van der Waals surface area contributed by atoms with Gasteiger partial charge in [0.05, 0.1) is 18.7 Å². The second-order valence-corrected chi connectivity index (χ2v) is 5.24. The minimum Gasteiger partial charge on any atom is -0.494 e. The van der Waals surface area contributed by atoms with Gasteiger partial charge >= 0.3 is 0 Å². The van der Waals surface area contributed by atoms with Crippen molar-refractivity contribution in [3.05, 3.63) is 29.8 Å². The van der Waals surface area contributed by atoms with Crippen LogP contribution in [0.3, 0.4) is 0 Å². The summed E-state index contributed by atoms with van der Waals surface area (Å²) >= 11 is 0. The van der Waals surface area contributed by atoms with E-state index in [1.807, 2.05) is 38.1 Å². The normalized spacial score (nSPS) is 19.2. The number of ether oxygens (including phenoxy) is 1. The van der Waals surface area contributed by atoms with Crippen LogP contribution in [-0.2, 0) is 4.79 Å². The van der Waals surface area contributed by atoms with Crippen LogP contribution in [0, 0.1) is 0 Å². The minimum atomic E-state index is -0.0405. The van der Waals surface area contributed by atoms with E-state index < -0.39 is 0 Å². The van der Waals surface area contributed by atoms with Crippen LogP contribution >= 0.6 is 12.4 Å². The lowest BCUT2D eigenvalue weighted by molar-refractivity contribution is -0.124. The molecule has 1 heterocycles. The highest BCUT2D eigenvalue weighted by Gasteiger charge is 2.22. The third-order valence-electron chi connectivity index (χ3n) is 3.65. The molecule has 0 aromatic heterocycles. The third-order valence-corrected chi connectivity index (χ3v) is 3.65. The van der Waals surface area contributed by atoms with Crippen molar-refractivity contribution in [3.63, 3.8) is 0 Å². The first kappa shape index (κ1) is 17.8. The van der Waals surface area contributed by atoms with Gasteiger partial charge in [-0.05, 0) is 50.9 Å². The third kappa shape index (κ3) is 5.21. The molecule has 0 bridgehead atoms. The zero-order chi connectivity index (χ0) is 14.4. The SMILES string of the molecule is CCOc1cccc(C(C)NC(=O)C2CCCCN2)c1.Cl. The average molecular weight is 313 g/mol. The van der Waals surface area contributed by atoms with Gasteiger partial charge in [0.2, 0.25) is 5.91 Å². The molecule has 2 N–H and O–H groups in total. The van der Waals surface area contributed by atoms with Gasteiger partial charge in [-0.25, -0.2) is 0 Å². The lowest BCUT2D eigenvalue weighted by Gasteiger charge is -2.24. The van der Waals surface area contributed by atoms with Crippen LogP contribution in [0.5, 0.6) is 5.75 Å². The molecule has 5 heteroatoms. The van der Waals surface area contributed by atoms with Crippen LogP contribution in [0.2, 0.25) is 0 Å². The van der Waals surface area contributed by atoms with E-state index in [9.17, 15) is 4.79 Å². The smallest absolute Gasteiger partial charge is 0.237 e. The number of nitrogens with one attached hydrogen (secondary N) is 2. The van der Waals surface area contributed by atoms with E-state index in [2.05, 4.69) is 10.6 Å². The zero-order valence-corrected chi connectivity index (χ0v) is 13.5. The first-order valence-electron chi connectivity index (χ1n) is 7.47. The maximum Gasteiger partial charge on any atom is 0.237 e. The maximum absolute atomic E-state index is 12.2. The fourth-order valence-corrected chi connectivity index (χ4v) is 2.51. The molecule has 1 saturated heterocycles. The number of rotatable bonds is 5. The predicted molar refractivity (Wildman–Crippen MR) is 87.1 cm³/mol. The monoisotopic (exact) mass is 312 g/mol. The first-order valence-corrected chi connectivity index (χ1v) is 7.47. The van der Waals surface area contributed by atoms with Gasteiger partial charge in [0.25, 0.3) is 0 Å². The Morgan fingerprint density at radius 2 is 2.29 bits per heavy atom. The standard InChI is InChI=1S/C16H24N2O2.ClH/c1-3-20-14-8-6-7-13(11-14)12(2)18-16(19)15-9-4-5-10-17-15;/h6-8,11-12,15,17H,3-5,9-10H2,1-2H3,(H,18,19);1H. The molecule has 1 fully saturated rings. The number of hydrogen-bond acceptors (Lipinski definition) is 3. The van der Waals surface area contributed by atoms with E-state index in [1.54, 1.807) is 0 Å². The summed E-state index contributed by atoms with van der Waals surface area (Å²) in [6.07, 6.45) is 3.21. The number of amides is 1. The molecule has 4 nitrogen and oxygen atoms in total. The largest absolute Gasteiger partial charge is 0.494 e. The average Bonchev–Trinajstić information content (AvgIpc) is 2.48. The number of benzene rings is 1. The van der Waals surface area contributed by atoms with Crippen LogP contribution in [0.1, 0.15) is 44.7 Å². The number of carbonyl (C=O) groups is 1. The maximum atomic E-state index is 12.2. The summed E-state index contributed by atoms with van der Waals surface area (Å²) in [7, 11) is 0.